The predicted octanol–water partition coefficient (Wildman–Crippen LogP) is 13.0. The van der Waals surface area contributed by atoms with Crippen molar-refractivity contribution in [2.24, 2.45) is 34.5 Å². The van der Waals surface area contributed by atoms with Gasteiger partial charge in [0.2, 0.25) is 0 Å². The molecule has 10 atom stereocenters. The molecule has 3 aliphatic rings. The first-order chi connectivity index (χ1) is 38.8. The Kier molecular flexibility index (Phi) is 24.4. The van der Waals surface area contributed by atoms with Crippen LogP contribution in [-0.2, 0) is 44.9 Å². The molecule has 3 fully saturated rings. The van der Waals surface area contributed by atoms with Crippen LogP contribution in [0.25, 0.3) is 0 Å². The second-order valence-electron chi connectivity index (χ2n) is 29.4. The summed E-state index contributed by atoms with van der Waals surface area (Å²) < 4.78 is 32.8. The van der Waals surface area contributed by atoms with Crippen LogP contribution in [0.1, 0.15) is 181 Å². The number of aromatic nitrogens is 4. The smallest absolute Gasteiger partial charge is 0.0743 e. The highest BCUT2D eigenvalue weighted by Gasteiger charge is 2.49. The van der Waals surface area contributed by atoms with Crippen molar-refractivity contribution in [1.82, 2.24) is 39.2 Å². The summed E-state index contributed by atoms with van der Waals surface area (Å²) >= 11 is 0. The highest BCUT2D eigenvalue weighted by molar-refractivity contribution is 5.28. The van der Waals surface area contributed by atoms with Crippen molar-refractivity contribution in [3.8, 4) is 0 Å². The molecule has 7 rings (SSSR count). The van der Waals surface area contributed by atoms with Crippen molar-refractivity contribution < 1.29 is 18.9 Å². The summed E-state index contributed by atoms with van der Waals surface area (Å²) in [4.78, 5) is 10.1. The molecule has 2 saturated carbocycles. The summed E-state index contributed by atoms with van der Waals surface area (Å²) in [5, 5.41) is 9.53. The quantitative estimate of drug-likeness (QED) is 0.0960. The third-order valence-electron chi connectivity index (χ3n) is 18.6. The summed E-state index contributed by atoms with van der Waals surface area (Å²) in [7, 11) is 9.17. The van der Waals surface area contributed by atoms with E-state index in [1.54, 1.807) is 0 Å². The largest absolute Gasteiger partial charge is 0.376 e. The molecule has 0 amide bonds. The van der Waals surface area contributed by atoms with E-state index in [0.717, 1.165) is 77.8 Å². The number of hydrogen-bond donors (Lipinski definition) is 0. The van der Waals surface area contributed by atoms with E-state index < -0.39 is 0 Å². The molecule has 4 aromatic rings. The molecule has 0 spiro atoms. The molecule has 1 saturated heterocycles. The summed E-state index contributed by atoms with van der Waals surface area (Å²) in [5.41, 5.74) is 8.61. The minimum absolute atomic E-state index is 0.000675. The van der Waals surface area contributed by atoms with Gasteiger partial charge in [-0.05, 0) is 162 Å². The first-order valence-corrected chi connectivity index (χ1v) is 32.3. The maximum Gasteiger partial charge on any atom is 0.0743 e. The van der Waals surface area contributed by atoms with Gasteiger partial charge in [0.05, 0.1) is 63.9 Å². The minimum atomic E-state index is -0.000675. The molecular formula is C70H116N8O4. The Morgan fingerprint density at radius 3 is 1.00 bits per heavy atom. The van der Waals surface area contributed by atoms with Crippen molar-refractivity contribution in [2.75, 3.05) is 80.8 Å². The van der Waals surface area contributed by atoms with Crippen LogP contribution in [-0.4, -0.2) is 169 Å². The molecule has 2 unspecified atom stereocenters. The van der Waals surface area contributed by atoms with Gasteiger partial charge in [-0.25, -0.2) is 0 Å². The lowest BCUT2D eigenvalue weighted by Gasteiger charge is -2.37. The van der Waals surface area contributed by atoms with E-state index in [9.17, 15) is 0 Å². The number of likely N-dealkylation sites (N-methyl/N-ethyl adjacent to an activating group) is 4. The Labute approximate surface area is 499 Å². The van der Waals surface area contributed by atoms with Crippen molar-refractivity contribution in [3.05, 3.63) is 107 Å². The van der Waals surface area contributed by atoms with Crippen molar-refractivity contribution in [2.45, 2.75) is 222 Å². The van der Waals surface area contributed by atoms with Crippen molar-refractivity contribution >= 4 is 0 Å². The normalized spacial score (nSPS) is 28.5. The van der Waals surface area contributed by atoms with Gasteiger partial charge in [0.25, 0.3) is 0 Å². The molecule has 1 aliphatic heterocycles. The van der Waals surface area contributed by atoms with Crippen LogP contribution in [0.4, 0.5) is 0 Å². The lowest BCUT2D eigenvalue weighted by Crippen LogP contribution is -2.47. The van der Waals surface area contributed by atoms with E-state index in [1.807, 2.05) is 12.4 Å². The Hall–Kier alpha value is -3.46. The third kappa shape index (κ3) is 20.3. The number of nitrogens with zero attached hydrogens (tertiary/aromatic N) is 8. The average Bonchev–Trinajstić information content (AvgIpc) is 4.12. The molecule has 2 aliphatic carbocycles. The lowest BCUT2D eigenvalue weighted by molar-refractivity contribution is -0.0536. The Bertz CT molecular complexity index is 2280. The molecule has 460 valence electrons. The Morgan fingerprint density at radius 2 is 0.707 bits per heavy atom. The summed E-state index contributed by atoms with van der Waals surface area (Å²) in [6.45, 7) is 40.3. The van der Waals surface area contributed by atoms with Crippen LogP contribution in [0.2, 0.25) is 0 Å². The van der Waals surface area contributed by atoms with Crippen LogP contribution in [0.3, 0.4) is 0 Å². The molecule has 0 bridgehead atoms. The highest BCUT2D eigenvalue weighted by atomic mass is 16.5. The van der Waals surface area contributed by atoms with Gasteiger partial charge >= 0.3 is 0 Å². The second kappa shape index (κ2) is 30.3. The predicted molar refractivity (Wildman–Crippen MR) is 339 cm³/mol. The minimum Gasteiger partial charge on any atom is -0.376 e. The molecule has 0 N–H and O–H groups in total. The average molecular weight is 1130 g/mol. The monoisotopic (exact) mass is 1130 g/mol. The molecule has 2 aromatic carbocycles. The fourth-order valence-electron chi connectivity index (χ4n) is 13.1. The van der Waals surface area contributed by atoms with E-state index in [4.69, 9.17) is 29.1 Å². The van der Waals surface area contributed by atoms with Crippen LogP contribution < -0.4 is 0 Å². The number of rotatable bonds is 18. The summed E-state index contributed by atoms with van der Waals surface area (Å²) in [5.74, 6) is 3.27. The first-order valence-electron chi connectivity index (χ1n) is 32.3. The van der Waals surface area contributed by atoms with Gasteiger partial charge in [-0.2, -0.15) is 10.2 Å². The van der Waals surface area contributed by atoms with Crippen LogP contribution in [0.5, 0.6) is 0 Å². The Morgan fingerprint density at radius 1 is 0.427 bits per heavy atom. The second-order valence-corrected chi connectivity index (χ2v) is 29.4. The van der Waals surface area contributed by atoms with Gasteiger partial charge in [0, 0.05) is 86.0 Å². The third-order valence-corrected chi connectivity index (χ3v) is 18.6. The fourth-order valence-corrected chi connectivity index (χ4v) is 13.1. The van der Waals surface area contributed by atoms with Gasteiger partial charge in [-0.15, -0.1) is 0 Å². The van der Waals surface area contributed by atoms with Crippen LogP contribution in [0, 0.1) is 34.5 Å². The molecular weight excluding hydrogens is 1020 g/mol. The summed E-state index contributed by atoms with van der Waals surface area (Å²) in [6.07, 6.45) is 12.4. The number of ether oxygens (including phenoxy) is 4. The zero-order chi connectivity index (χ0) is 59.5. The lowest BCUT2D eigenvalue weighted by atomic mass is 10.0. The van der Waals surface area contributed by atoms with E-state index in [1.165, 1.54) is 46.5 Å². The molecule has 12 nitrogen and oxygen atoms in total. The maximum atomic E-state index is 7.26. The Balaban J connectivity index is 1.10. The highest BCUT2D eigenvalue weighted by Crippen LogP contribution is 2.59. The standard InChI is InChI=1S/C70H116N8O4/c1-49(2)31-59-45-79-53(9)39-73(15)62(34-52(7)8)48-82-64(36-56-21-25-58(26-22-56)42-78-68(28-30-72-78)66-38-70(66,13)14)44-76(18)60(32-50(3)4)46-80-54(10)40-74(16)61(33-51(5)6)47-81-63(43-75(59)17)35-55-19-23-57(24-20-55)41-77-67(27-29-71-77)65-37-69(65,11)12/h19-30,49-54,59-66H,31-48H2,1-18H3/t53-,54-,59+,60+,61+,62+,63-,64-,65?,66?/m1/s1. The first kappa shape index (κ1) is 66.1. The fraction of sp³-hybridized carbons (Fsp3) is 0.743. The van der Waals surface area contributed by atoms with E-state index >= 15 is 0 Å². The molecule has 82 heavy (non-hydrogen) atoms. The zero-order valence-corrected chi connectivity index (χ0v) is 54.9. The van der Waals surface area contributed by atoms with Crippen molar-refractivity contribution in [1.29, 1.82) is 0 Å². The van der Waals surface area contributed by atoms with Gasteiger partial charge in [-0.3, -0.25) is 29.0 Å². The topological polar surface area (TPSA) is 85.5 Å². The van der Waals surface area contributed by atoms with Gasteiger partial charge in [0.15, 0.2) is 0 Å². The van der Waals surface area contributed by atoms with Crippen LogP contribution in [0.15, 0.2) is 73.1 Å². The molecule has 12 heteroatoms. The molecule has 3 heterocycles. The zero-order valence-electron chi connectivity index (χ0n) is 54.9. The van der Waals surface area contributed by atoms with Gasteiger partial charge in [-0.1, -0.05) is 132 Å². The van der Waals surface area contributed by atoms with E-state index in [-0.39, 0.29) is 48.6 Å². The number of hydrogen-bond acceptors (Lipinski definition) is 10. The van der Waals surface area contributed by atoms with E-state index in [2.05, 4.69) is 215 Å². The summed E-state index contributed by atoms with van der Waals surface area (Å²) in [6, 6.07) is 24.0. The van der Waals surface area contributed by atoms with E-state index in [0.29, 0.717) is 72.8 Å². The molecule has 0 radical (unpaired) electrons. The number of benzene rings is 2. The van der Waals surface area contributed by atoms with Crippen molar-refractivity contribution in [3.63, 3.8) is 0 Å². The van der Waals surface area contributed by atoms with Crippen LogP contribution >= 0.6 is 0 Å². The van der Waals surface area contributed by atoms with Gasteiger partial charge < -0.3 is 18.9 Å². The maximum absolute atomic E-state index is 7.26. The SMILES string of the molecule is CC(C)C[C@H]1CO[C@H](C)CN(C)[C@@H](CC(C)C)CO[C@H](Cc2ccc(Cn3nccc3C3CC3(C)C)cc2)CN(C)[C@@H](CC(C)C)CO[C@H](C)CN(C)[C@@H](CC(C)C)CO[C@H](Cc2ccc(Cn3nccc3C3CC3(C)C)cc2)CN1C. The van der Waals surface area contributed by atoms with Gasteiger partial charge in [0.1, 0.15) is 0 Å². The molecule has 2 aromatic heterocycles.